The van der Waals surface area contributed by atoms with Crippen molar-refractivity contribution in [3.63, 3.8) is 0 Å². The summed E-state index contributed by atoms with van der Waals surface area (Å²) in [6.45, 7) is 1.97. The van der Waals surface area contributed by atoms with Crippen molar-refractivity contribution in [1.29, 1.82) is 0 Å². The lowest BCUT2D eigenvalue weighted by Gasteiger charge is -2.11. The minimum absolute atomic E-state index is 0.0815. The Balaban J connectivity index is 1.57. The average Bonchev–Trinajstić information content (AvgIpc) is 3.49. The van der Waals surface area contributed by atoms with Gasteiger partial charge in [0.15, 0.2) is 5.65 Å². The molecule has 31 heavy (non-hydrogen) atoms. The molecule has 1 aliphatic rings. The number of imidazole rings is 1. The second-order valence-electron chi connectivity index (χ2n) is 7.64. The number of nitrogens with zero attached hydrogens (tertiary/aromatic N) is 4. The summed E-state index contributed by atoms with van der Waals surface area (Å²) in [4.78, 5) is 36.9. The standard InChI is InChI=1S/C23H19N5O3/c1-13-2-3-16(22(29)27-17-8-9-17)10-18(13)28-12-26-20-19(24-11-25-21(20)28)14-4-6-15(7-5-14)23(30)31/h2-7,10-12,17H,8-9H2,1H3,(H,27,29)(H,30,31). The Kier molecular flexibility index (Phi) is 4.47. The molecule has 0 unspecified atom stereocenters. The third-order valence-corrected chi connectivity index (χ3v) is 5.38. The number of aromatic carboxylic acids is 1. The van der Waals surface area contributed by atoms with E-state index in [1.165, 1.54) is 18.5 Å². The highest BCUT2D eigenvalue weighted by Crippen LogP contribution is 2.28. The van der Waals surface area contributed by atoms with E-state index in [1.54, 1.807) is 18.5 Å². The molecular formula is C23H19N5O3. The fraction of sp³-hybridized carbons (Fsp3) is 0.174. The molecule has 2 aromatic carbocycles. The van der Waals surface area contributed by atoms with Crippen molar-refractivity contribution < 1.29 is 14.7 Å². The van der Waals surface area contributed by atoms with Crippen LogP contribution in [-0.4, -0.2) is 42.5 Å². The number of aromatic nitrogens is 4. The predicted octanol–water partition coefficient (Wildman–Crippen LogP) is 3.38. The highest BCUT2D eigenvalue weighted by atomic mass is 16.4. The number of rotatable bonds is 5. The predicted molar refractivity (Wildman–Crippen MR) is 114 cm³/mol. The van der Waals surface area contributed by atoms with E-state index in [1.807, 2.05) is 29.7 Å². The number of amides is 1. The number of carboxylic acids is 1. The van der Waals surface area contributed by atoms with Crippen LogP contribution in [0.2, 0.25) is 0 Å². The van der Waals surface area contributed by atoms with Crippen molar-refractivity contribution >= 4 is 23.0 Å². The molecule has 0 spiro atoms. The van der Waals surface area contributed by atoms with Gasteiger partial charge in [0.2, 0.25) is 0 Å². The number of hydrogen-bond donors (Lipinski definition) is 2. The van der Waals surface area contributed by atoms with E-state index in [0.717, 1.165) is 29.7 Å². The van der Waals surface area contributed by atoms with Gasteiger partial charge in [-0.2, -0.15) is 0 Å². The van der Waals surface area contributed by atoms with Crippen LogP contribution in [0.4, 0.5) is 0 Å². The molecule has 2 heterocycles. The summed E-state index contributed by atoms with van der Waals surface area (Å²) in [6, 6.07) is 12.3. The quantitative estimate of drug-likeness (QED) is 0.519. The lowest BCUT2D eigenvalue weighted by molar-refractivity contribution is 0.0696. The lowest BCUT2D eigenvalue weighted by atomic mass is 10.1. The van der Waals surface area contributed by atoms with E-state index < -0.39 is 5.97 Å². The Morgan fingerprint density at radius 3 is 2.48 bits per heavy atom. The first kappa shape index (κ1) is 18.9. The Labute approximate surface area is 177 Å². The van der Waals surface area contributed by atoms with Crippen molar-refractivity contribution in [2.24, 2.45) is 0 Å². The molecule has 0 bridgehead atoms. The third-order valence-electron chi connectivity index (χ3n) is 5.38. The zero-order chi connectivity index (χ0) is 21.5. The topological polar surface area (TPSA) is 110 Å². The summed E-state index contributed by atoms with van der Waals surface area (Å²) in [5.41, 5.74) is 5.15. The first-order chi connectivity index (χ1) is 15.0. The highest BCUT2D eigenvalue weighted by Gasteiger charge is 2.24. The molecule has 1 aliphatic carbocycles. The number of aryl methyl sites for hydroxylation is 1. The summed E-state index contributed by atoms with van der Waals surface area (Å²) < 4.78 is 1.84. The van der Waals surface area contributed by atoms with Gasteiger partial charge in [-0.15, -0.1) is 0 Å². The lowest BCUT2D eigenvalue weighted by Crippen LogP contribution is -2.25. The molecule has 1 saturated carbocycles. The van der Waals surface area contributed by atoms with Crippen LogP contribution < -0.4 is 5.32 Å². The third kappa shape index (κ3) is 3.52. The Morgan fingerprint density at radius 2 is 1.77 bits per heavy atom. The smallest absolute Gasteiger partial charge is 0.335 e. The summed E-state index contributed by atoms with van der Waals surface area (Å²) in [6.07, 6.45) is 5.19. The van der Waals surface area contributed by atoms with Crippen LogP contribution in [0.15, 0.2) is 55.1 Å². The van der Waals surface area contributed by atoms with E-state index >= 15 is 0 Å². The molecule has 154 valence electrons. The van der Waals surface area contributed by atoms with E-state index in [0.29, 0.717) is 22.4 Å². The maximum atomic E-state index is 12.5. The van der Waals surface area contributed by atoms with Gasteiger partial charge in [0, 0.05) is 17.2 Å². The number of nitrogens with one attached hydrogen (secondary N) is 1. The fourth-order valence-electron chi connectivity index (χ4n) is 3.50. The van der Waals surface area contributed by atoms with Gasteiger partial charge in [-0.1, -0.05) is 18.2 Å². The molecule has 2 N–H and O–H groups in total. The number of benzene rings is 2. The number of carboxylic acid groups (broad SMARTS) is 1. The summed E-state index contributed by atoms with van der Waals surface area (Å²) in [7, 11) is 0. The highest BCUT2D eigenvalue weighted by molar-refractivity contribution is 5.96. The molecule has 5 rings (SSSR count). The van der Waals surface area contributed by atoms with Crippen molar-refractivity contribution in [3.8, 4) is 16.9 Å². The molecule has 2 aromatic heterocycles. The van der Waals surface area contributed by atoms with E-state index in [9.17, 15) is 9.59 Å². The zero-order valence-electron chi connectivity index (χ0n) is 16.7. The first-order valence-electron chi connectivity index (χ1n) is 9.95. The van der Waals surface area contributed by atoms with Crippen molar-refractivity contribution in [1.82, 2.24) is 24.8 Å². The Morgan fingerprint density at radius 1 is 1.03 bits per heavy atom. The fourth-order valence-corrected chi connectivity index (χ4v) is 3.50. The van der Waals surface area contributed by atoms with Crippen molar-refractivity contribution in [2.45, 2.75) is 25.8 Å². The molecule has 8 nitrogen and oxygen atoms in total. The monoisotopic (exact) mass is 413 g/mol. The molecule has 1 amide bonds. The Bertz CT molecular complexity index is 1320. The molecule has 1 fully saturated rings. The van der Waals surface area contributed by atoms with Crippen LogP contribution in [0, 0.1) is 6.92 Å². The molecule has 0 saturated heterocycles. The van der Waals surface area contributed by atoms with Gasteiger partial charge in [0.25, 0.3) is 5.91 Å². The maximum Gasteiger partial charge on any atom is 0.335 e. The summed E-state index contributed by atoms with van der Waals surface area (Å²) >= 11 is 0. The minimum Gasteiger partial charge on any atom is -0.478 e. The average molecular weight is 413 g/mol. The van der Waals surface area contributed by atoms with E-state index in [2.05, 4.69) is 20.3 Å². The number of hydrogen-bond acceptors (Lipinski definition) is 5. The van der Waals surface area contributed by atoms with E-state index in [-0.39, 0.29) is 17.5 Å². The number of fused-ring (bicyclic) bond motifs is 1. The van der Waals surface area contributed by atoms with Gasteiger partial charge in [-0.25, -0.2) is 19.7 Å². The minimum atomic E-state index is -0.982. The van der Waals surface area contributed by atoms with Crippen LogP contribution in [0.25, 0.3) is 28.1 Å². The first-order valence-corrected chi connectivity index (χ1v) is 9.95. The van der Waals surface area contributed by atoms with Gasteiger partial charge >= 0.3 is 5.97 Å². The SMILES string of the molecule is Cc1ccc(C(=O)NC2CC2)cc1-n1cnc2c(-c3ccc(C(=O)O)cc3)ncnc21. The normalized spacial score (nSPS) is 13.3. The second-order valence-corrected chi connectivity index (χ2v) is 7.64. The van der Waals surface area contributed by atoms with Crippen LogP contribution >= 0.6 is 0 Å². The second kappa shape index (κ2) is 7.32. The largest absolute Gasteiger partial charge is 0.478 e. The van der Waals surface area contributed by atoms with Gasteiger partial charge in [0.1, 0.15) is 23.9 Å². The van der Waals surface area contributed by atoms with Gasteiger partial charge in [-0.3, -0.25) is 9.36 Å². The van der Waals surface area contributed by atoms with Crippen LogP contribution in [0.1, 0.15) is 39.1 Å². The van der Waals surface area contributed by atoms with Crippen LogP contribution in [-0.2, 0) is 0 Å². The molecule has 0 radical (unpaired) electrons. The van der Waals surface area contributed by atoms with Gasteiger partial charge in [0.05, 0.1) is 11.3 Å². The number of carbonyl (C=O) groups excluding carboxylic acids is 1. The van der Waals surface area contributed by atoms with Gasteiger partial charge < -0.3 is 10.4 Å². The molecule has 8 heteroatoms. The molecular weight excluding hydrogens is 394 g/mol. The van der Waals surface area contributed by atoms with Crippen LogP contribution in [0.3, 0.4) is 0 Å². The maximum absolute atomic E-state index is 12.5. The summed E-state index contributed by atoms with van der Waals surface area (Å²) in [5.74, 6) is -1.06. The summed E-state index contributed by atoms with van der Waals surface area (Å²) in [5, 5.41) is 12.1. The zero-order valence-corrected chi connectivity index (χ0v) is 16.7. The Hall–Kier alpha value is -4.07. The van der Waals surface area contributed by atoms with Crippen molar-refractivity contribution in [2.75, 3.05) is 0 Å². The van der Waals surface area contributed by atoms with Crippen LogP contribution in [0.5, 0.6) is 0 Å². The number of carbonyl (C=O) groups is 2. The van der Waals surface area contributed by atoms with Gasteiger partial charge in [-0.05, 0) is 49.6 Å². The molecule has 0 atom stereocenters. The molecule has 0 aliphatic heterocycles. The molecule has 4 aromatic rings. The van der Waals surface area contributed by atoms with Crippen molar-refractivity contribution in [3.05, 3.63) is 71.8 Å². The van der Waals surface area contributed by atoms with E-state index in [4.69, 9.17) is 5.11 Å².